The number of fused-ring (bicyclic) bond motifs is 17. The van der Waals surface area contributed by atoms with E-state index in [1.807, 2.05) is 0 Å². The molecule has 0 fully saturated rings. The maximum absolute atomic E-state index is 11.9. The Balaban J connectivity index is 1.85. The second kappa shape index (κ2) is 26.0. The summed E-state index contributed by atoms with van der Waals surface area (Å²) in [6.45, 7) is 7.84. The Kier molecular flexibility index (Phi) is 21.8. The average Bonchev–Trinajstić information content (AvgIpc) is 3.07. The normalized spacial score (nSPS) is 25.2. The summed E-state index contributed by atoms with van der Waals surface area (Å²) in [5.41, 5.74) is 6.04. The van der Waals surface area contributed by atoms with Crippen LogP contribution in [0.25, 0.3) is 5.57 Å². The minimum atomic E-state index is 0.561. The van der Waals surface area contributed by atoms with Crippen LogP contribution in [0.2, 0.25) is 0 Å². The summed E-state index contributed by atoms with van der Waals surface area (Å²) >= 11 is 0. The highest BCUT2D eigenvalue weighted by atomic mass is 16.5. The number of rotatable bonds is 0. The van der Waals surface area contributed by atoms with Gasteiger partial charge in [0.15, 0.2) is 0 Å². The van der Waals surface area contributed by atoms with E-state index >= 15 is 0 Å². The smallest absolute Gasteiger partial charge is 0.119 e. The number of hydrogen-bond acceptors (Lipinski definition) is 2. The highest BCUT2D eigenvalue weighted by Crippen LogP contribution is 2.38. The summed E-state index contributed by atoms with van der Waals surface area (Å²) in [4.78, 5) is 0. The zero-order chi connectivity index (χ0) is 33.2. The van der Waals surface area contributed by atoms with Crippen molar-refractivity contribution in [3.8, 4) is 5.75 Å². The molecule has 266 valence electrons. The van der Waals surface area contributed by atoms with Crippen molar-refractivity contribution in [1.29, 1.82) is 0 Å². The Morgan fingerprint density at radius 2 is 0.809 bits per heavy atom. The van der Waals surface area contributed by atoms with Crippen LogP contribution in [0.4, 0.5) is 0 Å². The summed E-state index contributed by atoms with van der Waals surface area (Å²) in [6, 6.07) is 8.63. The van der Waals surface area contributed by atoms with Crippen molar-refractivity contribution < 1.29 is 9.84 Å². The third kappa shape index (κ3) is 17.3. The van der Waals surface area contributed by atoms with E-state index in [0.717, 1.165) is 55.6 Å². The lowest BCUT2D eigenvalue weighted by molar-refractivity contribution is 0.304. The number of hydrogen-bond donors (Lipinski definition) is 1. The fourth-order valence-electron chi connectivity index (χ4n) is 7.80. The summed E-state index contributed by atoms with van der Waals surface area (Å²) in [5, 5.41) is 11.9. The van der Waals surface area contributed by atoms with Crippen molar-refractivity contribution in [2.75, 3.05) is 6.61 Å². The van der Waals surface area contributed by atoms with Gasteiger partial charge in [-0.25, -0.2) is 0 Å². The zero-order valence-electron chi connectivity index (χ0n) is 31.0. The molecule has 4 rings (SSSR count). The first-order valence-electron chi connectivity index (χ1n) is 20.7. The van der Waals surface area contributed by atoms with Gasteiger partial charge in [-0.2, -0.15) is 0 Å². The van der Waals surface area contributed by atoms with Gasteiger partial charge in [0, 0.05) is 12.0 Å². The van der Waals surface area contributed by atoms with Gasteiger partial charge in [0.1, 0.15) is 11.5 Å². The van der Waals surface area contributed by atoms with E-state index in [1.54, 1.807) is 0 Å². The molecule has 2 heterocycles. The van der Waals surface area contributed by atoms with Gasteiger partial charge >= 0.3 is 0 Å². The molecule has 1 N–H and O–H groups in total. The fraction of sp³-hybridized carbons (Fsp3) is 0.733. The van der Waals surface area contributed by atoms with Crippen molar-refractivity contribution in [2.45, 2.75) is 206 Å². The van der Waals surface area contributed by atoms with Crippen molar-refractivity contribution in [3.63, 3.8) is 0 Å². The molecule has 47 heavy (non-hydrogen) atoms. The van der Waals surface area contributed by atoms with Crippen LogP contribution in [0.5, 0.6) is 5.75 Å². The monoisotopic (exact) mass is 647 g/mol. The van der Waals surface area contributed by atoms with Crippen LogP contribution in [-0.2, 0) is 0 Å². The van der Waals surface area contributed by atoms with Crippen molar-refractivity contribution in [2.24, 2.45) is 0 Å². The van der Waals surface area contributed by atoms with Crippen LogP contribution in [0, 0.1) is 0 Å². The molecular formula is C45H74O2. The van der Waals surface area contributed by atoms with E-state index in [9.17, 15) is 5.11 Å². The van der Waals surface area contributed by atoms with E-state index < -0.39 is 0 Å². The van der Waals surface area contributed by atoms with Crippen LogP contribution in [0.15, 0.2) is 53.3 Å². The lowest BCUT2D eigenvalue weighted by atomic mass is 9.84. The Morgan fingerprint density at radius 1 is 0.447 bits per heavy atom. The molecule has 0 atom stereocenters. The van der Waals surface area contributed by atoms with Crippen LogP contribution < -0.4 is 4.74 Å². The largest absolute Gasteiger partial charge is 0.512 e. The average molecular weight is 647 g/mol. The molecule has 0 spiro atoms. The van der Waals surface area contributed by atoms with E-state index in [1.165, 1.54) is 184 Å². The molecular weight excluding hydrogens is 572 g/mol. The fourth-order valence-corrected chi connectivity index (χ4v) is 7.80. The molecule has 3 aliphatic rings. The number of ether oxygens (including phenoxy) is 1. The maximum Gasteiger partial charge on any atom is 0.119 e. The molecule has 2 aliphatic heterocycles. The molecule has 2 heteroatoms. The third-order valence-corrected chi connectivity index (χ3v) is 10.8. The number of aliphatic hydroxyl groups excluding tert-OH is 1. The summed E-state index contributed by atoms with van der Waals surface area (Å²) in [7, 11) is 0. The minimum absolute atomic E-state index is 0.561. The quantitative estimate of drug-likeness (QED) is 0.304. The minimum Gasteiger partial charge on any atom is -0.512 e. The van der Waals surface area contributed by atoms with Crippen LogP contribution in [-0.4, -0.2) is 11.7 Å². The van der Waals surface area contributed by atoms with E-state index in [2.05, 4.69) is 31.2 Å². The second-order valence-corrected chi connectivity index (χ2v) is 15.1. The molecule has 0 amide bonds. The number of benzene rings is 1. The van der Waals surface area contributed by atoms with Gasteiger partial charge in [-0.15, -0.1) is 0 Å². The van der Waals surface area contributed by atoms with E-state index in [0.29, 0.717) is 5.76 Å². The highest BCUT2D eigenvalue weighted by Gasteiger charge is 2.20. The topological polar surface area (TPSA) is 29.5 Å². The van der Waals surface area contributed by atoms with Gasteiger partial charge in [0.25, 0.3) is 0 Å². The summed E-state index contributed by atoms with van der Waals surface area (Å²) in [6.07, 6.45) is 40.0. The van der Waals surface area contributed by atoms with Crippen LogP contribution >= 0.6 is 0 Å². The lowest BCUT2D eigenvalue weighted by Gasteiger charge is -2.22. The molecule has 0 unspecified atom stereocenters. The predicted molar refractivity (Wildman–Crippen MR) is 206 cm³/mol. The standard InChI is InChI=1S/C45H74O2/c1-39-31-27-23-19-15-11-7-5-3-4-6-8-13-17-21-25-29-33-43(46)45-41-34-36-42(37-35-41)47-38-30-26-22-18-14-10-9-12-16-20-24-28-32-40(2)44(39)45/h34-37,46H,1,3-33,38H2,2H3/b44-40-,45-43+. The van der Waals surface area contributed by atoms with Gasteiger partial charge in [-0.3, -0.25) is 0 Å². The maximum atomic E-state index is 11.9. The molecule has 2 bridgehead atoms. The Morgan fingerprint density at radius 3 is 1.26 bits per heavy atom. The molecule has 0 radical (unpaired) electrons. The van der Waals surface area contributed by atoms with Gasteiger partial charge in [-0.05, 0) is 74.3 Å². The first kappa shape index (κ1) is 39.5. The van der Waals surface area contributed by atoms with Gasteiger partial charge in [0.2, 0.25) is 0 Å². The van der Waals surface area contributed by atoms with Gasteiger partial charge < -0.3 is 9.84 Å². The molecule has 1 aromatic rings. The SMILES string of the molecule is C=C1CCCCCCCCCCCCCCCCCC/C(O)=C2\C1=C(\C)CCCCCCCCCCCCCCOc1ccc2cc1. The van der Waals surface area contributed by atoms with Gasteiger partial charge in [0.05, 0.1) is 6.61 Å². The van der Waals surface area contributed by atoms with Crippen LogP contribution in [0.1, 0.15) is 212 Å². The number of aliphatic hydroxyl groups is 1. The van der Waals surface area contributed by atoms with E-state index in [-0.39, 0.29) is 0 Å². The Bertz CT molecular complexity index is 1010. The molecule has 1 aliphatic carbocycles. The van der Waals surface area contributed by atoms with Crippen molar-refractivity contribution in [3.05, 3.63) is 58.9 Å². The Labute approximate surface area is 291 Å². The van der Waals surface area contributed by atoms with Crippen molar-refractivity contribution in [1.82, 2.24) is 0 Å². The summed E-state index contributed by atoms with van der Waals surface area (Å²) in [5.74, 6) is 1.50. The van der Waals surface area contributed by atoms with Crippen LogP contribution in [0.3, 0.4) is 0 Å². The second-order valence-electron chi connectivity index (χ2n) is 15.1. The summed E-state index contributed by atoms with van der Waals surface area (Å²) < 4.78 is 6.18. The first-order chi connectivity index (χ1) is 23.2. The Hall–Kier alpha value is -1.96. The van der Waals surface area contributed by atoms with Gasteiger partial charge in [-0.1, -0.05) is 178 Å². The van der Waals surface area contributed by atoms with Crippen molar-refractivity contribution >= 4 is 5.57 Å². The zero-order valence-corrected chi connectivity index (χ0v) is 31.0. The molecule has 0 saturated heterocycles. The molecule has 0 aromatic heterocycles. The highest BCUT2D eigenvalue weighted by molar-refractivity contribution is 5.85. The first-order valence-corrected chi connectivity index (χ1v) is 20.7. The third-order valence-electron chi connectivity index (χ3n) is 10.8. The predicted octanol–water partition coefficient (Wildman–Crippen LogP) is 15.3. The molecule has 2 nitrogen and oxygen atoms in total. The van der Waals surface area contributed by atoms with E-state index in [4.69, 9.17) is 11.3 Å². The molecule has 0 saturated carbocycles. The lowest BCUT2D eigenvalue weighted by Crippen LogP contribution is -2.04. The number of allylic oxidation sites excluding steroid dienone is 5. The molecule has 1 aromatic carbocycles.